The zero-order chi connectivity index (χ0) is 15.0. The molecule has 0 saturated carbocycles. The third kappa shape index (κ3) is 2.34. The molecule has 0 radical (unpaired) electrons. The second-order valence-electron chi connectivity index (χ2n) is 5.74. The van der Waals surface area contributed by atoms with Crippen LogP contribution in [0.5, 0.6) is 0 Å². The molecule has 2 heteroatoms. The van der Waals surface area contributed by atoms with E-state index >= 15 is 0 Å². The number of rotatable bonds is 2. The number of alkyl halides is 1. The van der Waals surface area contributed by atoms with Crippen molar-refractivity contribution in [1.29, 1.82) is 0 Å². The summed E-state index contributed by atoms with van der Waals surface area (Å²) in [7, 11) is 1.04. The smallest absolute Gasteiger partial charge is 0.0480 e. The molecule has 0 atom stereocenters. The third-order valence-corrected chi connectivity index (χ3v) is 5.87. The van der Waals surface area contributed by atoms with Crippen LogP contribution in [-0.4, -0.2) is 10.2 Å². The summed E-state index contributed by atoms with van der Waals surface area (Å²) < 4.78 is 0. The van der Waals surface area contributed by atoms with Gasteiger partial charge in [-0.3, -0.25) is 0 Å². The minimum atomic E-state index is 0.580. The molecule has 0 spiro atoms. The van der Waals surface area contributed by atoms with E-state index < -0.39 is 0 Å². The Morgan fingerprint density at radius 2 is 1.30 bits per heavy atom. The Labute approximate surface area is 130 Å². The summed E-state index contributed by atoms with van der Waals surface area (Å²) in [6.45, 7) is 11.2. The summed E-state index contributed by atoms with van der Waals surface area (Å²) in [5, 5.41) is 1.44. The fourth-order valence-electron chi connectivity index (χ4n) is 3.07. The molecule has 20 heavy (non-hydrogen) atoms. The van der Waals surface area contributed by atoms with Crippen molar-refractivity contribution in [2.75, 3.05) is 0 Å². The Kier molecular flexibility index (Phi) is 4.41. The summed E-state index contributed by atoms with van der Waals surface area (Å²) in [5.41, 5.74) is 11.1. The normalized spacial score (nSPS) is 11.1. The minimum absolute atomic E-state index is 0.580. The molecule has 0 fully saturated rings. The van der Waals surface area contributed by atoms with Gasteiger partial charge in [-0.1, -0.05) is 23.4 Å². The molecule has 0 N–H and O–H groups in total. The van der Waals surface area contributed by atoms with Crippen molar-refractivity contribution in [2.24, 2.45) is 0 Å². The van der Waals surface area contributed by atoms with Crippen LogP contribution in [0.15, 0.2) is 18.2 Å². The predicted octanol–water partition coefficient (Wildman–Crippen LogP) is 3.63. The van der Waals surface area contributed by atoms with Gasteiger partial charge in [-0.25, -0.2) is 0 Å². The van der Waals surface area contributed by atoms with Gasteiger partial charge < -0.3 is 0 Å². The van der Waals surface area contributed by atoms with Crippen LogP contribution in [0.1, 0.15) is 33.4 Å². The van der Waals surface area contributed by atoms with Crippen molar-refractivity contribution in [2.45, 2.75) is 40.5 Å². The topological polar surface area (TPSA) is 0 Å². The number of benzene rings is 2. The molecule has 0 heterocycles. The Morgan fingerprint density at radius 3 is 1.80 bits per heavy atom. The molecular weight excluding hydrogens is 280 g/mol. The SMILES string of the molecule is Cc1c(C)c(C)c(-c2c([SiH3])cccc2CCl)c(C)c1C. The summed E-state index contributed by atoms with van der Waals surface area (Å²) in [4.78, 5) is 0. The van der Waals surface area contributed by atoms with Crippen LogP contribution < -0.4 is 5.19 Å². The Balaban J connectivity index is 2.91. The van der Waals surface area contributed by atoms with Crippen LogP contribution in [0.4, 0.5) is 0 Å². The summed E-state index contributed by atoms with van der Waals surface area (Å²) in [5.74, 6) is 0.580. The molecule has 0 unspecified atom stereocenters. The van der Waals surface area contributed by atoms with E-state index in [0.29, 0.717) is 5.88 Å². The lowest BCUT2D eigenvalue weighted by Crippen LogP contribution is -2.12. The Hall–Kier alpha value is -1.05. The van der Waals surface area contributed by atoms with Gasteiger partial charge in [0.25, 0.3) is 0 Å². The molecule has 0 aliphatic heterocycles. The molecular formula is C18H23ClSi. The first-order valence-electron chi connectivity index (χ1n) is 7.11. The largest absolute Gasteiger partial charge is 0.122 e. The monoisotopic (exact) mass is 302 g/mol. The average Bonchev–Trinajstić information content (AvgIpc) is 2.44. The fraction of sp³-hybridized carbons (Fsp3) is 0.333. The van der Waals surface area contributed by atoms with E-state index in [1.165, 1.54) is 49.7 Å². The van der Waals surface area contributed by atoms with E-state index in [9.17, 15) is 0 Å². The van der Waals surface area contributed by atoms with Gasteiger partial charge in [0.15, 0.2) is 0 Å². The quantitative estimate of drug-likeness (QED) is 0.587. The molecule has 0 nitrogen and oxygen atoms in total. The zero-order valence-electron chi connectivity index (χ0n) is 13.3. The number of hydrogen-bond donors (Lipinski definition) is 0. The minimum Gasteiger partial charge on any atom is -0.122 e. The van der Waals surface area contributed by atoms with Crippen molar-refractivity contribution >= 4 is 27.0 Å². The van der Waals surface area contributed by atoms with Crippen LogP contribution in [0.2, 0.25) is 0 Å². The first-order chi connectivity index (χ1) is 9.40. The van der Waals surface area contributed by atoms with Crippen molar-refractivity contribution < 1.29 is 0 Å². The summed E-state index contributed by atoms with van der Waals surface area (Å²) in [6, 6.07) is 6.52. The Morgan fingerprint density at radius 1 is 0.800 bits per heavy atom. The maximum Gasteiger partial charge on any atom is 0.0480 e. The van der Waals surface area contributed by atoms with Crippen LogP contribution in [0.3, 0.4) is 0 Å². The maximum atomic E-state index is 6.18. The average molecular weight is 303 g/mol. The van der Waals surface area contributed by atoms with E-state index in [1.807, 2.05) is 0 Å². The second kappa shape index (κ2) is 5.75. The van der Waals surface area contributed by atoms with E-state index in [0.717, 1.165) is 10.2 Å². The van der Waals surface area contributed by atoms with Gasteiger partial charge in [-0.15, -0.1) is 11.6 Å². The van der Waals surface area contributed by atoms with E-state index in [1.54, 1.807) is 0 Å². The molecule has 2 aromatic rings. The Bertz CT molecular complexity index is 643. The van der Waals surface area contributed by atoms with Gasteiger partial charge in [0.2, 0.25) is 0 Å². The predicted molar refractivity (Wildman–Crippen MR) is 94.7 cm³/mol. The molecule has 0 aromatic heterocycles. The molecule has 0 saturated heterocycles. The van der Waals surface area contributed by atoms with Gasteiger partial charge in [0, 0.05) is 16.1 Å². The van der Waals surface area contributed by atoms with Crippen molar-refractivity contribution in [3.63, 3.8) is 0 Å². The second-order valence-corrected chi connectivity index (χ2v) is 7.09. The lowest BCUT2D eigenvalue weighted by molar-refractivity contribution is 1.18. The summed E-state index contributed by atoms with van der Waals surface area (Å²) >= 11 is 6.18. The van der Waals surface area contributed by atoms with E-state index in [2.05, 4.69) is 52.8 Å². The van der Waals surface area contributed by atoms with Gasteiger partial charge in [0.1, 0.15) is 0 Å². The van der Waals surface area contributed by atoms with Gasteiger partial charge in [0.05, 0.1) is 0 Å². The lowest BCUT2D eigenvalue weighted by Gasteiger charge is -2.22. The van der Waals surface area contributed by atoms with Crippen LogP contribution in [-0.2, 0) is 5.88 Å². The number of halogens is 1. The molecule has 0 amide bonds. The highest BCUT2D eigenvalue weighted by atomic mass is 35.5. The van der Waals surface area contributed by atoms with Crippen molar-refractivity contribution in [3.8, 4) is 11.1 Å². The highest BCUT2D eigenvalue weighted by Gasteiger charge is 2.17. The van der Waals surface area contributed by atoms with Gasteiger partial charge in [-0.2, -0.15) is 0 Å². The maximum absolute atomic E-state index is 6.18. The summed E-state index contributed by atoms with van der Waals surface area (Å²) in [6.07, 6.45) is 0. The van der Waals surface area contributed by atoms with Crippen molar-refractivity contribution in [1.82, 2.24) is 0 Å². The molecule has 106 valence electrons. The fourth-order valence-corrected chi connectivity index (χ4v) is 4.06. The van der Waals surface area contributed by atoms with E-state index in [4.69, 9.17) is 11.6 Å². The molecule has 2 rings (SSSR count). The molecule has 0 bridgehead atoms. The standard InChI is InChI=1S/C18H23ClSi/c1-10-11(2)13(4)17(14(5)12(10)3)18-15(9-19)7-6-8-16(18)20/h6-8H,9H2,1-5,20H3. The number of hydrogen-bond acceptors (Lipinski definition) is 0. The van der Waals surface area contributed by atoms with E-state index in [-0.39, 0.29) is 0 Å². The molecule has 0 aliphatic rings. The van der Waals surface area contributed by atoms with Crippen molar-refractivity contribution in [3.05, 3.63) is 51.6 Å². The van der Waals surface area contributed by atoms with Crippen LogP contribution in [0, 0.1) is 34.6 Å². The first-order valence-corrected chi connectivity index (χ1v) is 8.65. The zero-order valence-corrected chi connectivity index (χ0v) is 16.1. The highest BCUT2D eigenvalue weighted by molar-refractivity contribution is 6.36. The third-order valence-electron chi connectivity index (χ3n) is 4.75. The van der Waals surface area contributed by atoms with Crippen LogP contribution in [0.25, 0.3) is 11.1 Å². The lowest BCUT2D eigenvalue weighted by atomic mass is 9.85. The highest BCUT2D eigenvalue weighted by Crippen LogP contribution is 2.35. The van der Waals surface area contributed by atoms with Crippen LogP contribution >= 0.6 is 11.6 Å². The first kappa shape index (κ1) is 15.3. The van der Waals surface area contributed by atoms with Gasteiger partial charge in [-0.05, 0) is 79.1 Å². The molecule has 0 aliphatic carbocycles. The molecule has 2 aromatic carbocycles. The van der Waals surface area contributed by atoms with Gasteiger partial charge >= 0.3 is 0 Å².